The Kier molecular flexibility index (Phi) is 16.7. The van der Waals surface area contributed by atoms with Crippen LogP contribution in [0.2, 0.25) is 0 Å². The number of unbranched alkanes of at least 4 members (excludes halogenated alkanes) is 9. The second kappa shape index (κ2) is 15.6. The lowest BCUT2D eigenvalue weighted by Crippen LogP contribution is -2.35. The van der Waals surface area contributed by atoms with Gasteiger partial charge in [-0.3, -0.25) is 0 Å². The molecule has 0 radical (unpaired) electrons. The molecule has 0 aromatic heterocycles. The number of carbonyl (C=O) groups is 1. The number of quaternary nitrogens is 1. The maximum absolute atomic E-state index is 9.03. The molecule has 0 N–H and O–H groups in total. The lowest BCUT2D eigenvalue weighted by atomic mass is 10.1. The second-order valence-electron chi connectivity index (χ2n) is 6.65. The molecule has 128 valence electrons. The molecule has 0 aliphatic heterocycles. The van der Waals surface area contributed by atoms with Gasteiger partial charge >= 0.3 is 0 Å². The summed E-state index contributed by atoms with van der Waals surface area (Å²) in [7, 11) is 7.89. The molecular formula is C17H37NO3. The van der Waals surface area contributed by atoms with Gasteiger partial charge < -0.3 is 19.1 Å². The van der Waals surface area contributed by atoms with E-state index < -0.39 is 6.16 Å². The first-order chi connectivity index (χ1) is 9.83. The molecule has 0 atom stereocenters. The molecule has 0 unspecified atom stereocenters. The molecule has 4 nitrogen and oxygen atoms in total. The molecule has 0 aromatic carbocycles. The molecule has 21 heavy (non-hydrogen) atoms. The van der Waals surface area contributed by atoms with E-state index in [1.54, 1.807) is 0 Å². The van der Waals surface area contributed by atoms with Crippen molar-refractivity contribution in [2.75, 3.05) is 34.8 Å². The third kappa shape index (κ3) is 28.2. The number of rotatable bonds is 11. The lowest BCUT2D eigenvalue weighted by Gasteiger charge is -2.23. The zero-order valence-corrected chi connectivity index (χ0v) is 15.0. The summed E-state index contributed by atoms with van der Waals surface area (Å²) in [5.41, 5.74) is 0. The summed E-state index contributed by atoms with van der Waals surface area (Å²) < 4.78 is 4.68. The van der Waals surface area contributed by atoms with Crippen molar-refractivity contribution < 1.29 is 19.1 Å². The smallest absolute Gasteiger partial charge is 0.251 e. The van der Waals surface area contributed by atoms with E-state index in [-0.39, 0.29) is 0 Å². The fraction of sp³-hybridized carbons (Fsp3) is 0.941. The van der Waals surface area contributed by atoms with Crippen molar-refractivity contribution in [3.8, 4) is 0 Å². The minimum absolute atomic E-state index is 1.04. The summed E-state index contributed by atoms with van der Waals surface area (Å²) in [4.78, 5) is 9.03. The highest BCUT2D eigenvalue weighted by Gasteiger charge is 2.04. The zero-order valence-electron chi connectivity index (χ0n) is 15.0. The molecule has 0 aliphatic carbocycles. The Morgan fingerprint density at radius 1 is 0.857 bits per heavy atom. The predicted octanol–water partition coefficient (Wildman–Crippen LogP) is 3.59. The Hall–Kier alpha value is -0.770. The first-order valence-electron chi connectivity index (χ1n) is 8.39. The van der Waals surface area contributed by atoms with Gasteiger partial charge in [0, 0.05) is 7.11 Å². The van der Waals surface area contributed by atoms with E-state index in [0.29, 0.717) is 0 Å². The first kappa shape index (κ1) is 22.5. The highest BCUT2D eigenvalue weighted by molar-refractivity contribution is 5.53. The summed E-state index contributed by atoms with van der Waals surface area (Å²) in [5, 5.41) is 9.03. The molecule has 0 aliphatic rings. The SMILES string of the molecule is CCCCCCCCCCCC[N+](C)(C)C.COC(=O)[O-]. The van der Waals surface area contributed by atoms with Crippen LogP contribution < -0.4 is 5.11 Å². The molecule has 0 aromatic rings. The molecule has 4 heteroatoms. The van der Waals surface area contributed by atoms with Crippen molar-refractivity contribution in [3.63, 3.8) is 0 Å². The molecule has 0 heterocycles. The fourth-order valence-corrected chi connectivity index (χ4v) is 2.07. The summed E-state index contributed by atoms with van der Waals surface area (Å²) in [5.74, 6) is 0. The largest absolute Gasteiger partial charge is 0.553 e. The minimum Gasteiger partial charge on any atom is -0.553 e. The zero-order chi connectivity index (χ0) is 16.6. The third-order valence-electron chi connectivity index (χ3n) is 3.35. The minimum atomic E-state index is -1.50. The number of carbonyl (C=O) groups excluding carboxylic acids is 1. The van der Waals surface area contributed by atoms with E-state index in [1.807, 2.05) is 0 Å². The number of carboxylic acid groups (broad SMARTS) is 1. The van der Waals surface area contributed by atoms with Gasteiger partial charge in [-0.05, 0) is 12.8 Å². The molecule has 0 amide bonds. The summed E-state index contributed by atoms with van der Waals surface area (Å²) in [6, 6.07) is 0. The molecule has 0 spiro atoms. The van der Waals surface area contributed by atoms with Gasteiger partial charge in [0.1, 0.15) is 0 Å². The highest BCUT2D eigenvalue weighted by atomic mass is 16.6. The van der Waals surface area contributed by atoms with Gasteiger partial charge in [-0.25, -0.2) is 0 Å². The lowest BCUT2D eigenvalue weighted by molar-refractivity contribution is -0.870. The van der Waals surface area contributed by atoms with Gasteiger partial charge in [-0.1, -0.05) is 58.3 Å². The van der Waals surface area contributed by atoms with Crippen molar-refractivity contribution in [3.05, 3.63) is 0 Å². The standard InChI is InChI=1S/C15H34N.C2H4O3/c1-5-6-7-8-9-10-11-12-13-14-15-16(2,3)4;1-5-2(3)4/h5-15H2,1-4H3;1H3,(H,3,4)/q+1;/p-1. The molecule has 0 rings (SSSR count). The van der Waals surface area contributed by atoms with E-state index in [4.69, 9.17) is 9.90 Å². The maximum Gasteiger partial charge on any atom is 0.251 e. The van der Waals surface area contributed by atoms with Gasteiger partial charge in [0.25, 0.3) is 6.16 Å². The van der Waals surface area contributed by atoms with Crippen LogP contribution in [0.3, 0.4) is 0 Å². The maximum atomic E-state index is 9.03. The van der Waals surface area contributed by atoms with Crippen LogP contribution in [0.1, 0.15) is 71.1 Å². The van der Waals surface area contributed by atoms with Crippen LogP contribution in [-0.4, -0.2) is 45.4 Å². The van der Waals surface area contributed by atoms with Crippen molar-refractivity contribution in [2.45, 2.75) is 71.1 Å². The molecule has 0 saturated heterocycles. The van der Waals surface area contributed by atoms with E-state index in [1.165, 1.54) is 70.8 Å². The van der Waals surface area contributed by atoms with Gasteiger partial charge in [0.2, 0.25) is 0 Å². The summed E-state index contributed by atoms with van der Waals surface area (Å²) in [6.45, 7) is 3.62. The summed E-state index contributed by atoms with van der Waals surface area (Å²) >= 11 is 0. The highest BCUT2D eigenvalue weighted by Crippen LogP contribution is 2.10. The van der Waals surface area contributed by atoms with Crippen LogP contribution in [0, 0.1) is 0 Å². The van der Waals surface area contributed by atoms with Gasteiger partial charge in [0.05, 0.1) is 27.7 Å². The average molecular weight is 303 g/mol. The van der Waals surface area contributed by atoms with Crippen LogP contribution in [0.5, 0.6) is 0 Å². The Balaban J connectivity index is 0. The number of hydrogen-bond acceptors (Lipinski definition) is 3. The topological polar surface area (TPSA) is 49.4 Å². The Bertz CT molecular complexity index is 225. The van der Waals surface area contributed by atoms with E-state index in [2.05, 4.69) is 32.8 Å². The molecular weight excluding hydrogens is 266 g/mol. The van der Waals surface area contributed by atoms with E-state index in [0.717, 1.165) is 11.6 Å². The second-order valence-corrected chi connectivity index (χ2v) is 6.65. The Labute approximate surface area is 132 Å². The number of ether oxygens (including phenoxy) is 1. The number of nitrogens with zero attached hydrogens (tertiary/aromatic N) is 1. The van der Waals surface area contributed by atoms with Gasteiger partial charge in [0.15, 0.2) is 0 Å². The normalized spacial score (nSPS) is 10.7. The predicted molar refractivity (Wildman–Crippen MR) is 87.1 cm³/mol. The molecule has 0 fully saturated rings. The molecule has 0 bridgehead atoms. The quantitative estimate of drug-likeness (QED) is 0.333. The van der Waals surface area contributed by atoms with Crippen LogP contribution in [0.15, 0.2) is 0 Å². The summed E-state index contributed by atoms with van der Waals surface area (Å²) in [6.07, 6.45) is 12.9. The Morgan fingerprint density at radius 3 is 1.48 bits per heavy atom. The van der Waals surface area contributed by atoms with Crippen LogP contribution in [-0.2, 0) is 4.74 Å². The molecule has 0 saturated carbocycles. The van der Waals surface area contributed by atoms with Crippen LogP contribution in [0.4, 0.5) is 4.79 Å². The first-order valence-corrected chi connectivity index (χ1v) is 8.39. The van der Waals surface area contributed by atoms with Crippen molar-refractivity contribution in [1.82, 2.24) is 0 Å². The van der Waals surface area contributed by atoms with Crippen LogP contribution >= 0.6 is 0 Å². The number of methoxy groups -OCH3 is 1. The van der Waals surface area contributed by atoms with E-state index in [9.17, 15) is 0 Å². The number of hydrogen-bond donors (Lipinski definition) is 0. The third-order valence-corrected chi connectivity index (χ3v) is 3.35. The van der Waals surface area contributed by atoms with Crippen molar-refractivity contribution >= 4 is 6.16 Å². The van der Waals surface area contributed by atoms with Crippen LogP contribution in [0.25, 0.3) is 0 Å². The van der Waals surface area contributed by atoms with Gasteiger partial charge in [-0.2, -0.15) is 0 Å². The monoisotopic (exact) mass is 303 g/mol. The fourth-order valence-electron chi connectivity index (χ4n) is 2.07. The average Bonchev–Trinajstić information content (AvgIpc) is 2.40. The Morgan fingerprint density at radius 2 is 1.19 bits per heavy atom. The van der Waals surface area contributed by atoms with E-state index >= 15 is 0 Å². The van der Waals surface area contributed by atoms with Crippen molar-refractivity contribution in [2.24, 2.45) is 0 Å². The van der Waals surface area contributed by atoms with Crippen molar-refractivity contribution in [1.29, 1.82) is 0 Å². The van der Waals surface area contributed by atoms with Gasteiger partial charge in [-0.15, -0.1) is 0 Å².